The van der Waals surface area contributed by atoms with Crippen molar-refractivity contribution in [1.29, 1.82) is 0 Å². The molecule has 1 nitrogen and oxygen atoms in total. The molecule has 0 amide bonds. The number of nitrogens with two attached hydrogens (primary N) is 1. The maximum absolute atomic E-state index is 5.93. The fourth-order valence-corrected chi connectivity index (χ4v) is 2.34. The highest BCUT2D eigenvalue weighted by atomic mass is 127. The highest BCUT2D eigenvalue weighted by Gasteiger charge is 2.01. The van der Waals surface area contributed by atoms with Gasteiger partial charge in [-0.25, -0.2) is 0 Å². The molecule has 0 saturated heterocycles. The first-order valence-corrected chi connectivity index (χ1v) is 6.12. The Morgan fingerprint density at radius 2 is 1.56 bits per heavy atom. The summed E-state index contributed by atoms with van der Waals surface area (Å²) >= 11 is 2.32. The summed E-state index contributed by atoms with van der Waals surface area (Å²) in [4.78, 5) is 0. The largest absolute Gasteiger partial charge is 0.398 e. The fraction of sp³-hybridized carbons (Fsp3) is 0. The third kappa shape index (κ3) is 2.64. The van der Waals surface area contributed by atoms with Crippen molar-refractivity contribution in [2.24, 2.45) is 0 Å². The highest BCUT2D eigenvalue weighted by Crippen LogP contribution is 2.28. The Bertz CT molecular complexity index is 503. The van der Waals surface area contributed by atoms with Crippen LogP contribution in [0.25, 0.3) is 9.66 Å². The van der Waals surface area contributed by atoms with E-state index in [1.807, 2.05) is 42.5 Å². The zero-order chi connectivity index (χ0) is 11.4. The van der Waals surface area contributed by atoms with E-state index >= 15 is 0 Å². The first kappa shape index (κ1) is 11.2. The second kappa shape index (κ2) is 5.16. The van der Waals surface area contributed by atoms with Gasteiger partial charge in [-0.05, 0) is 40.3 Å². The molecule has 2 aromatic carbocycles. The van der Waals surface area contributed by atoms with E-state index in [0.717, 1.165) is 14.8 Å². The minimum Gasteiger partial charge on any atom is -0.398 e. The van der Waals surface area contributed by atoms with Crippen molar-refractivity contribution in [2.45, 2.75) is 0 Å². The van der Waals surface area contributed by atoms with Gasteiger partial charge in [-0.2, -0.15) is 0 Å². The predicted molar refractivity (Wildman–Crippen MR) is 79.2 cm³/mol. The number of anilines is 1. The quantitative estimate of drug-likeness (QED) is 0.501. The number of rotatable bonds is 2. The van der Waals surface area contributed by atoms with Gasteiger partial charge in [0.25, 0.3) is 0 Å². The topological polar surface area (TPSA) is 26.0 Å². The van der Waals surface area contributed by atoms with Crippen LogP contribution in [0.3, 0.4) is 0 Å². The van der Waals surface area contributed by atoms with Crippen LogP contribution in [0.2, 0.25) is 0 Å². The Morgan fingerprint density at radius 1 is 0.938 bits per heavy atom. The van der Waals surface area contributed by atoms with Gasteiger partial charge >= 0.3 is 0 Å². The van der Waals surface area contributed by atoms with E-state index in [0.29, 0.717) is 0 Å². The second-order valence-electron chi connectivity index (χ2n) is 3.49. The molecule has 0 spiro atoms. The van der Waals surface area contributed by atoms with Gasteiger partial charge in [0.15, 0.2) is 0 Å². The lowest BCUT2D eigenvalue weighted by molar-refractivity contribution is 1.63. The molecule has 0 atom stereocenters. The minimum atomic E-state index is 0.819. The zero-order valence-corrected chi connectivity index (χ0v) is 10.9. The van der Waals surface area contributed by atoms with Crippen LogP contribution in [0.5, 0.6) is 0 Å². The monoisotopic (exact) mass is 321 g/mol. The van der Waals surface area contributed by atoms with Crippen molar-refractivity contribution < 1.29 is 0 Å². The lowest BCUT2D eigenvalue weighted by atomic mass is 10.1. The molecule has 0 heterocycles. The summed E-state index contributed by atoms with van der Waals surface area (Å²) in [6.45, 7) is 0. The van der Waals surface area contributed by atoms with E-state index in [1.54, 1.807) is 0 Å². The summed E-state index contributed by atoms with van der Waals surface area (Å²) in [7, 11) is 0. The molecule has 0 radical (unpaired) electrons. The third-order valence-corrected chi connectivity index (χ3v) is 3.20. The van der Waals surface area contributed by atoms with Gasteiger partial charge in [-0.1, -0.05) is 48.5 Å². The standard InChI is InChI=1S/C14H12IN/c15-13(10-11-6-2-1-3-7-11)12-8-4-5-9-14(12)16/h1-10H,16H2/b13-10-. The lowest BCUT2D eigenvalue weighted by Gasteiger charge is -2.04. The third-order valence-electron chi connectivity index (χ3n) is 2.31. The SMILES string of the molecule is Nc1ccccc1/C(I)=C/c1ccccc1. The summed E-state index contributed by atoms with van der Waals surface area (Å²) in [6, 6.07) is 18.2. The molecule has 2 N–H and O–H groups in total. The number of benzene rings is 2. The normalized spacial score (nSPS) is 11.4. The predicted octanol–water partition coefficient (Wildman–Crippen LogP) is 4.20. The molecule has 0 unspecified atom stereocenters. The van der Waals surface area contributed by atoms with E-state index < -0.39 is 0 Å². The average molecular weight is 321 g/mol. The number of hydrogen-bond donors (Lipinski definition) is 1. The number of hydrogen-bond acceptors (Lipinski definition) is 1. The van der Waals surface area contributed by atoms with Gasteiger partial charge in [0, 0.05) is 14.8 Å². The Hall–Kier alpha value is -1.29. The summed E-state index contributed by atoms with van der Waals surface area (Å²) < 4.78 is 1.15. The Labute approximate surface area is 109 Å². The number of para-hydroxylation sites is 1. The average Bonchev–Trinajstić information content (AvgIpc) is 2.31. The lowest BCUT2D eigenvalue weighted by Crippen LogP contribution is -1.89. The molecule has 0 fully saturated rings. The molecule has 2 heteroatoms. The molecule has 0 aliphatic carbocycles. The molecule has 0 saturated carbocycles. The van der Waals surface area contributed by atoms with Crippen LogP contribution in [-0.4, -0.2) is 0 Å². The van der Waals surface area contributed by atoms with Gasteiger partial charge in [-0.15, -0.1) is 0 Å². The van der Waals surface area contributed by atoms with E-state index in [-0.39, 0.29) is 0 Å². The smallest absolute Gasteiger partial charge is 0.0398 e. The summed E-state index contributed by atoms with van der Waals surface area (Å²) in [6.07, 6.45) is 2.13. The van der Waals surface area contributed by atoms with Crippen molar-refractivity contribution in [1.82, 2.24) is 0 Å². The van der Waals surface area contributed by atoms with Crippen molar-refractivity contribution >= 4 is 37.9 Å². The Balaban J connectivity index is 2.36. The summed E-state index contributed by atoms with van der Waals surface area (Å²) in [5.41, 5.74) is 9.03. The van der Waals surface area contributed by atoms with Gasteiger partial charge in [0.2, 0.25) is 0 Å². The first-order valence-electron chi connectivity index (χ1n) is 5.04. The molecule has 0 aromatic heterocycles. The number of halogens is 1. The molecule has 0 bridgehead atoms. The molecule has 0 aliphatic rings. The van der Waals surface area contributed by atoms with Crippen molar-refractivity contribution in [3.8, 4) is 0 Å². The molecule has 0 aliphatic heterocycles. The van der Waals surface area contributed by atoms with Gasteiger partial charge in [0.05, 0.1) is 0 Å². The molecule has 16 heavy (non-hydrogen) atoms. The molecule has 2 rings (SSSR count). The van der Waals surface area contributed by atoms with Crippen LogP contribution in [0.15, 0.2) is 54.6 Å². The minimum absolute atomic E-state index is 0.819. The Kier molecular flexibility index (Phi) is 3.62. The van der Waals surface area contributed by atoms with E-state index in [4.69, 9.17) is 5.73 Å². The number of nitrogen functional groups attached to an aromatic ring is 1. The van der Waals surface area contributed by atoms with Crippen molar-refractivity contribution in [2.75, 3.05) is 5.73 Å². The summed E-state index contributed by atoms with van der Waals surface area (Å²) in [5.74, 6) is 0. The summed E-state index contributed by atoms with van der Waals surface area (Å²) in [5, 5.41) is 0. The van der Waals surface area contributed by atoms with Crippen LogP contribution in [-0.2, 0) is 0 Å². The molecular formula is C14H12IN. The van der Waals surface area contributed by atoms with Crippen LogP contribution >= 0.6 is 22.6 Å². The van der Waals surface area contributed by atoms with E-state index in [9.17, 15) is 0 Å². The molecule has 80 valence electrons. The first-order chi connectivity index (χ1) is 7.77. The van der Waals surface area contributed by atoms with Gasteiger partial charge in [-0.3, -0.25) is 0 Å². The van der Waals surface area contributed by atoms with E-state index in [2.05, 4.69) is 40.8 Å². The molecule has 2 aromatic rings. The van der Waals surface area contributed by atoms with Crippen molar-refractivity contribution in [3.05, 3.63) is 65.7 Å². The van der Waals surface area contributed by atoms with Crippen LogP contribution in [0.1, 0.15) is 11.1 Å². The Morgan fingerprint density at radius 3 is 2.25 bits per heavy atom. The zero-order valence-electron chi connectivity index (χ0n) is 8.73. The van der Waals surface area contributed by atoms with Gasteiger partial charge in [0.1, 0.15) is 0 Å². The van der Waals surface area contributed by atoms with Gasteiger partial charge < -0.3 is 5.73 Å². The molecular weight excluding hydrogens is 309 g/mol. The maximum atomic E-state index is 5.93. The fourth-order valence-electron chi connectivity index (χ4n) is 1.49. The maximum Gasteiger partial charge on any atom is 0.0398 e. The van der Waals surface area contributed by atoms with E-state index in [1.165, 1.54) is 5.56 Å². The second-order valence-corrected chi connectivity index (χ2v) is 4.65. The van der Waals surface area contributed by atoms with Crippen LogP contribution in [0.4, 0.5) is 5.69 Å². The van der Waals surface area contributed by atoms with Crippen LogP contribution < -0.4 is 5.73 Å². The van der Waals surface area contributed by atoms with Crippen LogP contribution in [0, 0.1) is 0 Å². The van der Waals surface area contributed by atoms with Crippen molar-refractivity contribution in [3.63, 3.8) is 0 Å². The highest BCUT2D eigenvalue weighted by molar-refractivity contribution is 14.1.